The number of halogens is 2. The standard InChI is InChI=1S/C18H19F2NO3/c19-17(20)23-13-16(11-14-7-3-1-4-8-14)21-18(22)24-12-15-9-5-2-6-10-15/h1-10,16-17H,11-13H2,(H,21,22)/t16-/m1/s1. The number of carbonyl (C=O) groups excluding carboxylic acids is 1. The lowest BCUT2D eigenvalue weighted by Crippen LogP contribution is -2.40. The lowest BCUT2D eigenvalue weighted by Gasteiger charge is -2.18. The highest BCUT2D eigenvalue weighted by atomic mass is 19.3. The minimum absolute atomic E-state index is 0.112. The molecule has 0 saturated carbocycles. The number of hydrogen-bond donors (Lipinski definition) is 1. The molecule has 6 heteroatoms. The van der Waals surface area contributed by atoms with E-state index >= 15 is 0 Å². The number of ether oxygens (including phenoxy) is 2. The fraction of sp³-hybridized carbons (Fsp3) is 0.278. The van der Waals surface area contributed by atoms with Crippen molar-refractivity contribution in [3.8, 4) is 0 Å². The molecule has 4 nitrogen and oxygen atoms in total. The summed E-state index contributed by atoms with van der Waals surface area (Å²) in [5.41, 5.74) is 1.75. The lowest BCUT2D eigenvalue weighted by atomic mass is 10.1. The van der Waals surface area contributed by atoms with E-state index in [1.807, 2.05) is 60.7 Å². The Bertz CT molecular complexity index is 608. The molecule has 0 fully saturated rings. The van der Waals surface area contributed by atoms with Crippen molar-refractivity contribution in [3.05, 3.63) is 71.8 Å². The van der Waals surface area contributed by atoms with Crippen LogP contribution in [0.15, 0.2) is 60.7 Å². The molecule has 1 amide bonds. The number of alkyl carbamates (subject to hydrolysis) is 1. The van der Waals surface area contributed by atoms with Gasteiger partial charge in [0.25, 0.3) is 0 Å². The van der Waals surface area contributed by atoms with Gasteiger partial charge in [-0.15, -0.1) is 0 Å². The Morgan fingerprint density at radius 2 is 1.54 bits per heavy atom. The van der Waals surface area contributed by atoms with Crippen molar-refractivity contribution >= 4 is 6.09 Å². The van der Waals surface area contributed by atoms with Gasteiger partial charge in [-0.1, -0.05) is 60.7 Å². The summed E-state index contributed by atoms with van der Waals surface area (Å²) >= 11 is 0. The first-order valence-electron chi connectivity index (χ1n) is 7.54. The summed E-state index contributed by atoms with van der Waals surface area (Å²) in [4.78, 5) is 11.9. The zero-order valence-corrected chi connectivity index (χ0v) is 13.0. The van der Waals surface area contributed by atoms with E-state index in [0.29, 0.717) is 6.42 Å². The van der Waals surface area contributed by atoms with Gasteiger partial charge in [-0.3, -0.25) is 0 Å². The average Bonchev–Trinajstić information content (AvgIpc) is 2.60. The zero-order valence-electron chi connectivity index (χ0n) is 13.0. The Labute approximate surface area is 139 Å². The summed E-state index contributed by atoms with van der Waals surface area (Å²) < 4.78 is 34.0. The Morgan fingerprint density at radius 1 is 0.958 bits per heavy atom. The maximum absolute atomic E-state index is 12.3. The minimum atomic E-state index is -2.88. The number of benzene rings is 2. The molecule has 1 N–H and O–H groups in total. The fourth-order valence-corrected chi connectivity index (χ4v) is 2.17. The van der Waals surface area contributed by atoms with E-state index in [2.05, 4.69) is 10.1 Å². The molecule has 24 heavy (non-hydrogen) atoms. The summed E-state index contributed by atoms with van der Waals surface area (Å²) in [5, 5.41) is 2.57. The van der Waals surface area contributed by atoms with Crippen LogP contribution in [0.1, 0.15) is 11.1 Å². The van der Waals surface area contributed by atoms with Gasteiger partial charge in [0.15, 0.2) is 0 Å². The fourth-order valence-electron chi connectivity index (χ4n) is 2.17. The van der Waals surface area contributed by atoms with Crippen molar-refractivity contribution in [2.75, 3.05) is 6.61 Å². The summed E-state index contributed by atoms with van der Waals surface area (Å²) in [5.74, 6) is 0. The molecule has 0 saturated heterocycles. The van der Waals surface area contributed by atoms with Gasteiger partial charge in [0.05, 0.1) is 12.6 Å². The maximum atomic E-state index is 12.3. The Balaban J connectivity index is 1.87. The van der Waals surface area contributed by atoms with Gasteiger partial charge < -0.3 is 14.8 Å². The van der Waals surface area contributed by atoms with Gasteiger partial charge in [-0.2, -0.15) is 8.78 Å². The number of nitrogens with one attached hydrogen (secondary N) is 1. The van der Waals surface area contributed by atoms with Crippen molar-refractivity contribution < 1.29 is 23.0 Å². The van der Waals surface area contributed by atoms with Gasteiger partial charge in [-0.05, 0) is 17.5 Å². The van der Waals surface area contributed by atoms with E-state index in [-0.39, 0.29) is 13.2 Å². The third-order valence-corrected chi connectivity index (χ3v) is 3.28. The van der Waals surface area contributed by atoms with Gasteiger partial charge in [0.1, 0.15) is 6.61 Å². The van der Waals surface area contributed by atoms with Crippen molar-refractivity contribution in [1.29, 1.82) is 0 Å². The molecule has 128 valence electrons. The minimum Gasteiger partial charge on any atom is -0.445 e. The highest BCUT2D eigenvalue weighted by Gasteiger charge is 2.16. The highest BCUT2D eigenvalue weighted by molar-refractivity contribution is 5.67. The molecule has 0 aliphatic heterocycles. The SMILES string of the molecule is O=C(N[C@@H](COC(F)F)Cc1ccccc1)OCc1ccccc1. The second kappa shape index (κ2) is 9.62. The first kappa shape index (κ1) is 17.9. The van der Waals surface area contributed by atoms with Gasteiger partial charge in [0, 0.05) is 0 Å². The van der Waals surface area contributed by atoms with Crippen LogP contribution in [0.3, 0.4) is 0 Å². The molecule has 2 aromatic carbocycles. The van der Waals surface area contributed by atoms with Crippen LogP contribution in [0, 0.1) is 0 Å². The van der Waals surface area contributed by atoms with Crippen LogP contribution < -0.4 is 5.32 Å². The van der Waals surface area contributed by atoms with Crippen LogP contribution in [0.5, 0.6) is 0 Å². The highest BCUT2D eigenvalue weighted by Crippen LogP contribution is 2.07. The molecule has 0 spiro atoms. The predicted molar refractivity (Wildman–Crippen MR) is 85.7 cm³/mol. The lowest BCUT2D eigenvalue weighted by molar-refractivity contribution is -0.133. The van der Waals surface area contributed by atoms with Crippen molar-refractivity contribution in [2.45, 2.75) is 25.7 Å². The molecule has 0 bridgehead atoms. The molecule has 0 heterocycles. The van der Waals surface area contributed by atoms with Gasteiger partial charge >= 0.3 is 12.7 Å². The third kappa shape index (κ3) is 6.75. The van der Waals surface area contributed by atoms with Gasteiger partial charge in [-0.25, -0.2) is 4.79 Å². The molecule has 0 aliphatic carbocycles. The van der Waals surface area contributed by atoms with E-state index in [9.17, 15) is 13.6 Å². The van der Waals surface area contributed by atoms with E-state index in [4.69, 9.17) is 4.74 Å². The number of alkyl halides is 2. The van der Waals surface area contributed by atoms with Crippen molar-refractivity contribution in [2.24, 2.45) is 0 Å². The molecule has 1 atom stereocenters. The van der Waals surface area contributed by atoms with Crippen molar-refractivity contribution in [3.63, 3.8) is 0 Å². The second-order valence-corrected chi connectivity index (χ2v) is 5.19. The zero-order chi connectivity index (χ0) is 17.2. The van der Waals surface area contributed by atoms with Gasteiger partial charge in [0.2, 0.25) is 0 Å². The molecule has 0 radical (unpaired) electrons. The normalized spacial score (nSPS) is 12.0. The Hall–Kier alpha value is -2.47. The molecular weight excluding hydrogens is 316 g/mol. The van der Waals surface area contributed by atoms with E-state index in [1.165, 1.54) is 0 Å². The van der Waals surface area contributed by atoms with E-state index < -0.39 is 18.7 Å². The third-order valence-electron chi connectivity index (χ3n) is 3.28. The first-order chi connectivity index (χ1) is 11.6. The number of rotatable bonds is 8. The van der Waals surface area contributed by atoms with Crippen LogP contribution >= 0.6 is 0 Å². The van der Waals surface area contributed by atoms with Crippen molar-refractivity contribution in [1.82, 2.24) is 5.32 Å². The van der Waals surface area contributed by atoms with Crippen LogP contribution in [0.4, 0.5) is 13.6 Å². The molecule has 0 unspecified atom stereocenters. The monoisotopic (exact) mass is 335 g/mol. The Morgan fingerprint density at radius 3 is 2.12 bits per heavy atom. The Kier molecular flexibility index (Phi) is 7.17. The summed E-state index contributed by atoms with van der Waals surface area (Å²) in [6.07, 6.45) is -0.300. The van der Waals surface area contributed by atoms with E-state index in [1.54, 1.807) is 0 Å². The smallest absolute Gasteiger partial charge is 0.407 e. The molecule has 0 aliphatic rings. The van der Waals surface area contributed by atoms with Crippen LogP contribution in [0.2, 0.25) is 0 Å². The largest absolute Gasteiger partial charge is 0.445 e. The summed E-state index contributed by atoms with van der Waals surface area (Å²) in [7, 11) is 0. The molecule has 2 aromatic rings. The molecular formula is C18H19F2NO3. The van der Waals surface area contributed by atoms with Crippen LogP contribution in [-0.4, -0.2) is 25.4 Å². The number of hydrogen-bond acceptors (Lipinski definition) is 3. The average molecular weight is 335 g/mol. The van der Waals surface area contributed by atoms with Crippen LogP contribution in [-0.2, 0) is 22.5 Å². The second-order valence-electron chi connectivity index (χ2n) is 5.19. The number of carbonyl (C=O) groups is 1. The first-order valence-corrected chi connectivity index (χ1v) is 7.54. The van der Waals surface area contributed by atoms with E-state index in [0.717, 1.165) is 11.1 Å². The topological polar surface area (TPSA) is 47.6 Å². The van der Waals surface area contributed by atoms with Crippen LogP contribution in [0.25, 0.3) is 0 Å². The summed E-state index contributed by atoms with van der Waals surface area (Å²) in [6.45, 7) is -3.07. The molecule has 0 aromatic heterocycles. The number of amides is 1. The predicted octanol–water partition coefficient (Wildman–Crippen LogP) is 3.76. The maximum Gasteiger partial charge on any atom is 0.407 e. The molecule has 2 rings (SSSR count). The summed E-state index contributed by atoms with van der Waals surface area (Å²) in [6, 6.07) is 17.8. The quantitative estimate of drug-likeness (QED) is 0.799.